The van der Waals surface area contributed by atoms with Gasteiger partial charge in [-0.3, -0.25) is 0 Å². The van der Waals surface area contributed by atoms with E-state index in [0.717, 1.165) is 29.9 Å². The molecule has 0 spiro atoms. The van der Waals surface area contributed by atoms with E-state index >= 15 is 0 Å². The molecule has 0 aromatic heterocycles. The van der Waals surface area contributed by atoms with Crippen molar-refractivity contribution in [3.05, 3.63) is 47.6 Å². The van der Waals surface area contributed by atoms with Gasteiger partial charge >= 0.3 is 5.97 Å². The number of aliphatic carboxylic acids is 1. The molecule has 0 heterocycles. The fourth-order valence-corrected chi connectivity index (χ4v) is 1.31. The van der Waals surface area contributed by atoms with Crippen molar-refractivity contribution in [1.82, 2.24) is 0 Å². The molecule has 0 saturated heterocycles. The van der Waals surface area contributed by atoms with Crippen LogP contribution in [-0.2, 0) is 4.79 Å². The molecule has 19 heavy (non-hydrogen) atoms. The lowest BCUT2D eigenvalue weighted by molar-refractivity contribution is -0.131. The molecule has 0 aliphatic rings. The zero-order valence-corrected chi connectivity index (χ0v) is 10.5. The molecule has 0 fully saturated rings. The van der Waals surface area contributed by atoms with Gasteiger partial charge in [-0.25, -0.2) is 13.6 Å². The van der Waals surface area contributed by atoms with E-state index in [1.165, 1.54) is 0 Å². The van der Waals surface area contributed by atoms with Crippen LogP contribution in [0.3, 0.4) is 0 Å². The van der Waals surface area contributed by atoms with Crippen LogP contribution >= 0.6 is 0 Å². The van der Waals surface area contributed by atoms with E-state index in [9.17, 15) is 13.6 Å². The van der Waals surface area contributed by atoms with Crippen LogP contribution in [0.2, 0.25) is 0 Å². The van der Waals surface area contributed by atoms with Crippen molar-refractivity contribution < 1.29 is 23.4 Å². The highest BCUT2D eigenvalue weighted by Gasteiger charge is 2.11. The van der Waals surface area contributed by atoms with E-state index in [1.54, 1.807) is 6.92 Å². The second-order valence-electron chi connectivity index (χ2n) is 4.04. The number of hydrogen-bond acceptors (Lipinski definition) is 2. The van der Waals surface area contributed by atoms with E-state index < -0.39 is 23.4 Å². The first-order valence-electron chi connectivity index (χ1n) is 5.57. The van der Waals surface area contributed by atoms with Gasteiger partial charge in [0.15, 0.2) is 17.4 Å². The lowest BCUT2D eigenvalue weighted by atomic mass is 10.2. The number of rotatable bonds is 6. The molecule has 1 aromatic carbocycles. The average molecular weight is 268 g/mol. The van der Waals surface area contributed by atoms with Gasteiger partial charge in [-0.15, -0.1) is 6.58 Å². The number of ether oxygens (including phenoxy) is 1. The smallest absolute Gasteiger partial charge is 0.328 e. The van der Waals surface area contributed by atoms with Gasteiger partial charge in [0.2, 0.25) is 0 Å². The molecule has 1 rings (SSSR count). The predicted octanol–water partition coefficient (Wildman–Crippen LogP) is 3.41. The first-order valence-corrected chi connectivity index (χ1v) is 5.57. The molecule has 0 bridgehead atoms. The molecule has 1 N–H and O–H groups in total. The topological polar surface area (TPSA) is 46.5 Å². The molecule has 5 heteroatoms. The fraction of sp³-hybridized carbons (Fsp3) is 0.214. The van der Waals surface area contributed by atoms with Crippen molar-refractivity contribution >= 4 is 12.0 Å². The Kier molecular flexibility index (Phi) is 5.23. The molecular weight excluding hydrogens is 254 g/mol. The Morgan fingerprint density at radius 3 is 2.47 bits per heavy atom. The fourth-order valence-electron chi connectivity index (χ4n) is 1.31. The lowest BCUT2D eigenvalue weighted by Crippen LogP contribution is -2.02. The van der Waals surface area contributed by atoms with E-state index in [-0.39, 0.29) is 12.2 Å². The molecule has 0 aliphatic carbocycles. The van der Waals surface area contributed by atoms with Crippen LogP contribution in [0.25, 0.3) is 6.08 Å². The van der Waals surface area contributed by atoms with Gasteiger partial charge in [0.1, 0.15) is 0 Å². The van der Waals surface area contributed by atoms with Crippen LogP contribution in [0.1, 0.15) is 18.9 Å². The molecule has 3 nitrogen and oxygen atoms in total. The molecule has 0 aliphatic heterocycles. The minimum Gasteiger partial charge on any atom is -0.487 e. The Morgan fingerprint density at radius 2 is 2.00 bits per heavy atom. The first-order chi connectivity index (χ1) is 8.90. The number of halogens is 2. The quantitative estimate of drug-likeness (QED) is 0.635. The van der Waals surface area contributed by atoms with Crippen LogP contribution in [-0.4, -0.2) is 17.7 Å². The highest BCUT2D eigenvalue weighted by molar-refractivity contribution is 5.85. The Morgan fingerprint density at radius 1 is 1.42 bits per heavy atom. The van der Waals surface area contributed by atoms with Gasteiger partial charge in [-0.1, -0.05) is 5.57 Å². The van der Waals surface area contributed by atoms with Crippen molar-refractivity contribution in [3.63, 3.8) is 0 Å². The van der Waals surface area contributed by atoms with Crippen LogP contribution in [0.5, 0.6) is 5.75 Å². The van der Waals surface area contributed by atoms with Crippen molar-refractivity contribution in [3.8, 4) is 5.75 Å². The Hall–Kier alpha value is -2.17. The maximum absolute atomic E-state index is 13.6. The largest absolute Gasteiger partial charge is 0.487 e. The number of carbonyl (C=O) groups is 1. The molecule has 0 saturated carbocycles. The van der Waals surface area contributed by atoms with Crippen molar-refractivity contribution in [2.45, 2.75) is 13.3 Å². The second kappa shape index (κ2) is 6.68. The highest BCUT2D eigenvalue weighted by atomic mass is 19.1. The summed E-state index contributed by atoms with van der Waals surface area (Å²) in [5.74, 6) is -3.39. The summed E-state index contributed by atoms with van der Waals surface area (Å²) in [6, 6.07) is 2.03. The van der Waals surface area contributed by atoms with E-state index in [2.05, 4.69) is 6.58 Å². The lowest BCUT2D eigenvalue weighted by Gasteiger charge is -2.09. The summed E-state index contributed by atoms with van der Waals surface area (Å²) in [6.07, 6.45) is 2.40. The number of hydrogen-bond donors (Lipinski definition) is 1. The van der Waals surface area contributed by atoms with Gasteiger partial charge in [0.25, 0.3) is 0 Å². The summed E-state index contributed by atoms with van der Waals surface area (Å²) < 4.78 is 32.2. The standard InChI is InChI=1S/C14H14F2O3/c1-9(2)5-6-19-14-11(15)7-10(8-12(14)16)3-4-13(17)18/h3-4,7-8H,1,5-6H2,2H3,(H,17,18)/b4-3+. The Labute approximate surface area is 109 Å². The summed E-state index contributed by atoms with van der Waals surface area (Å²) in [4.78, 5) is 10.3. The van der Waals surface area contributed by atoms with Crippen molar-refractivity contribution in [2.24, 2.45) is 0 Å². The summed E-state index contributed by atoms with van der Waals surface area (Å²) in [6.45, 7) is 5.57. The molecule has 0 unspecified atom stereocenters. The minimum atomic E-state index is -1.19. The summed E-state index contributed by atoms with van der Waals surface area (Å²) in [5.41, 5.74) is 0.964. The van der Waals surface area contributed by atoms with Gasteiger partial charge in [-0.2, -0.15) is 0 Å². The summed E-state index contributed by atoms with van der Waals surface area (Å²) in [7, 11) is 0. The van der Waals surface area contributed by atoms with Crippen LogP contribution in [0.15, 0.2) is 30.4 Å². The SMILES string of the molecule is C=C(C)CCOc1c(F)cc(/C=C/C(=O)O)cc1F. The average Bonchev–Trinajstić information content (AvgIpc) is 2.29. The summed E-state index contributed by atoms with van der Waals surface area (Å²) >= 11 is 0. The van der Waals surface area contributed by atoms with E-state index in [1.807, 2.05) is 0 Å². The van der Waals surface area contributed by atoms with Crippen molar-refractivity contribution in [2.75, 3.05) is 6.61 Å². The Bertz CT molecular complexity index is 498. The van der Waals surface area contributed by atoms with Crippen LogP contribution < -0.4 is 4.74 Å². The molecular formula is C14H14F2O3. The number of carboxylic acid groups (broad SMARTS) is 1. The molecule has 0 radical (unpaired) electrons. The van der Waals surface area contributed by atoms with Gasteiger partial charge in [-0.05, 0) is 30.7 Å². The Balaban J connectivity index is 2.85. The minimum absolute atomic E-state index is 0.115. The monoisotopic (exact) mass is 268 g/mol. The maximum Gasteiger partial charge on any atom is 0.328 e. The highest BCUT2D eigenvalue weighted by Crippen LogP contribution is 2.24. The van der Waals surface area contributed by atoms with Crippen LogP contribution in [0.4, 0.5) is 8.78 Å². The summed E-state index contributed by atoms with van der Waals surface area (Å²) in [5, 5.41) is 8.43. The van der Waals surface area contributed by atoms with Crippen LogP contribution in [0, 0.1) is 11.6 Å². The van der Waals surface area contributed by atoms with Crippen molar-refractivity contribution in [1.29, 1.82) is 0 Å². The third-order valence-corrected chi connectivity index (χ3v) is 2.21. The maximum atomic E-state index is 13.6. The third-order valence-electron chi connectivity index (χ3n) is 2.21. The zero-order chi connectivity index (χ0) is 14.4. The normalized spacial score (nSPS) is 10.7. The van der Waals surface area contributed by atoms with Gasteiger partial charge in [0.05, 0.1) is 6.61 Å². The molecule has 0 amide bonds. The second-order valence-corrected chi connectivity index (χ2v) is 4.04. The number of benzene rings is 1. The molecule has 0 atom stereocenters. The van der Waals surface area contributed by atoms with Gasteiger partial charge < -0.3 is 9.84 Å². The third kappa shape index (κ3) is 4.91. The van der Waals surface area contributed by atoms with E-state index in [0.29, 0.717) is 6.42 Å². The molecule has 1 aromatic rings. The molecule has 102 valence electrons. The predicted molar refractivity (Wildman–Crippen MR) is 68.0 cm³/mol. The first kappa shape index (κ1) is 14.9. The number of carboxylic acids is 1. The zero-order valence-electron chi connectivity index (χ0n) is 10.5. The van der Waals surface area contributed by atoms with Gasteiger partial charge in [0, 0.05) is 12.5 Å². The van der Waals surface area contributed by atoms with E-state index in [4.69, 9.17) is 9.84 Å².